The molecular weight excluding hydrogens is 260 g/mol. The number of nitrogens with zero attached hydrogens (tertiary/aromatic N) is 2. The predicted molar refractivity (Wildman–Crippen MR) is 62.3 cm³/mol. The van der Waals surface area contributed by atoms with Gasteiger partial charge in [0.15, 0.2) is 5.69 Å². The molecule has 1 heterocycles. The molecule has 0 spiro atoms. The average Bonchev–Trinajstić information content (AvgIpc) is 2.77. The highest BCUT2D eigenvalue weighted by Gasteiger charge is 2.22. The zero-order valence-corrected chi connectivity index (χ0v) is 9.60. The van der Waals surface area contributed by atoms with Crippen LogP contribution in [0.3, 0.4) is 0 Å². The second kappa shape index (κ2) is 4.46. The minimum absolute atomic E-state index is 0.0190. The Morgan fingerprint density at radius 3 is 2.67 bits per heavy atom. The molecule has 0 aliphatic heterocycles. The molecule has 0 saturated carbocycles. The Morgan fingerprint density at radius 1 is 1.33 bits per heavy atom. The summed E-state index contributed by atoms with van der Waals surface area (Å²) < 4.78 is 0. The Kier molecular flexibility index (Phi) is 2.99. The van der Waals surface area contributed by atoms with Crippen molar-refractivity contribution in [3.8, 4) is 11.3 Å². The molecule has 18 heavy (non-hydrogen) atoms. The number of primary amides is 1. The van der Waals surface area contributed by atoms with Gasteiger partial charge >= 0.3 is 5.97 Å². The number of nitrogens with two attached hydrogens (primary N) is 1. The van der Waals surface area contributed by atoms with E-state index in [-0.39, 0.29) is 27.5 Å². The van der Waals surface area contributed by atoms with Gasteiger partial charge in [0.1, 0.15) is 5.69 Å². The highest BCUT2D eigenvalue weighted by molar-refractivity contribution is 6.34. The van der Waals surface area contributed by atoms with Crippen LogP contribution in [0.2, 0.25) is 5.02 Å². The second-order valence-corrected chi connectivity index (χ2v) is 3.76. The van der Waals surface area contributed by atoms with Gasteiger partial charge in [0.05, 0.1) is 10.6 Å². The molecule has 1 aromatic carbocycles. The van der Waals surface area contributed by atoms with E-state index in [4.69, 9.17) is 22.4 Å². The molecule has 4 N–H and O–H groups in total. The Hall–Kier alpha value is -2.41. The molecule has 0 aliphatic carbocycles. The average molecular weight is 267 g/mol. The lowest BCUT2D eigenvalue weighted by Crippen LogP contribution is -2.13. The van der Waals surface area contributed by atoms with Crippen LogP contribution < -0.4 is 5.73 Å². The van der Waals surface area contributed by atoms with Crippen molar-refractivity contribution in [1.29, 1.82) is 0 Å². The third-order valence-corrected chi connectivity index (χ3v) is 2.58. The van der Waals surface area contributed by atoms with Crippen molar-refractivity contribution in [2.75, 3.05) is 0 Å². The molecule has 0 fully saturated rings. The minimum Gasteiger partial charge on any atom is -0.478 e. The van der Waals surface area contributed by atoms with Gasteiger partial charge in [0, 0.05) is 5.56 Å². The first-order valence-corrected chi connectivity index (χ1v) is 5.13. The number of rotatable bonds is 3. The summed E-state index contributed by atoms with van der Waals surface area (Å²) in [5, 5.41) is 18.7. The van der Waals surface area contributed by atoms with Gasteiger partial charge in [0.2, 0.25) is 0 Å². The van der Waals surface area contributed by atoms with Crippen LogP contribution in [0, 0.1) is 0 Å². The number of halogens is 1. The first kappa shape index (κ1) is 12.1. The topological polar surface area (TPSA) is 122 Å². The van der Waals surface area contributed by atoms with E-state index < -0.39 is 11.9 Å². The van der Waals surface area contributed by atoms with Crippen LogP contribution in [0.5, 0.6) is 0 Å². The van der Waals surface area contributed by atoms with E-state index in [1.807, 2.05) is 0 Å². The number of hydrogen-bond acceptors (Lipinski definition) is 4. The number of hydrogen-bond donors (Lipinski definition) is 3. The van der Waals surface area contributed by atoms with E-state index >= 15 is 0 Å². The number of H-pyrrole nitrogens is 1. The summed E-state index contributed by atoms with van der Waals surface area (Å²) in [6.45, 7) is 0. The molecule has 1 amide bonds. The molecular formula is C10H7ClN4O3. The van der Waals surface area contributed by atoms with Gasteiger partial charge < -0.3 is 10.8 Å². The fourth-order valence-corrected chi connectivity index (χ4v) is 1.78. The molecule has 92 valence electrons. The smallest absolute Gasteiger partial charge is 0.336 e. The van der Waals surface area contributed by atoms with Gasteiger partial charge in [-0.2, -0.15) is 15.4 Å². The van der Waals surface area contributed by atoms with E-state index in [1.165, 1.54) is 18.2 Å². The van der Waals surface area contributed by atoms with Crippen LogP contribution in [-0.4, -0.2) is 32.4 Å². The SMILES string of the molecule is NC(=O)c1n[nH]nc1-c1c(Cl)cccc1C(=O)O. The molecule has 0 atom stereocenters. The quantitative estimate of drug-likeness (QED) is 0.762. The summed E-state index contributed by atoms with van der Waals surface area (Å²) in [6, 6.07) is 4.32. The lowest BCUT2D eigenvalue weighted by Gasteiger charge is -2.05. The number of nitrogens with one attached hydrogen (secondary N) is 1. The maximum absolute atomic E-state index is 11.2. The molecule has 1 aromatic heterocycles. The first-order chi connectivity index (χ1) is 8.52. The lowest BCUT2D eigenvalue weighted by atomic mass is 10.0. The molecule has 8 heteroatoms. The number of carbonyl (C=O) groups is 2. The Bertz CT molecular complexity index is 638. The zero-order valence-electron chi connectivity index (χ0n) is 8.85. The van der Waals surface area contributed by atoms with E-state index in [2.05, 4.69) is 15.4 Å². The molecule has 0 bridgehead atoms. The van der Waals surface area contributed by atoms with E-state index in [9.17, 15) is 9.59 Å². The Labute approximate surface area is 106 Å². The minimum atomic E-state index is -1.19. The molecule has 0 radical (unpaired) electrons. The number of carboxylic acid groups (broad SMARTS) is 1. The van der Waals surface area contributed by atoms with Gasteiger partial charge in [-0.15, -0.1) is 0 Å². The lowest BCUT2D eigenvalue weighted by molar-refractivity contribution is 0.0697. The van der Waals surface area contributed by atoms with Crippen molar-refractivity contribution >= 4 is 23.5 Å². The van der Waals surface area contributed by atoms with Crippen molar-refractivity contribution in [2.45, 2.75) is 0 Å². The van der Waals surface area contributed by atoms with Crippen LogP contribution in [0.1, 0.15) is 20.8 Å². The number of aromatic nitrogens is 3. The maximum atomic E-state index is 11.2. The summed E-state index contributed by atoms with van der Waals surface area (Å²) >= 11 is 5.94. The van der Waals surface area contributed by atoms with Crippen LogP contribution in [-0.2, 0) is 0 Å². The molecule has 2 aromatic rings. The van der Waals surface area contributed by atoms with Gasteiger partial charge in [0.25, 0.3) is 5.91 Å². The van der Waals surface area contributed by atoms with E-state index in [0.29, 0.717) is 0 Å². The third kappa shape index (κ3) is 1.91. The standard InChI is InChI=1S/C10H7ClN4O3/c11-5-3-1-2-4(10(17)18)6(5)7-8(9(12)16)14-15-13-7/h1-3H,(H2,12,16)(H,17,18)(H,13,14,15). The highest BCUT2D eigenvalue weighted by atomic mass is 35.5. The van der Waals surface area contributed by atoms with Crippen molar-refractivity contribution < 1.29 is 14.7 Å². The van der Waals surface area contributed by atoms with E-state index in [1.54, 1.807) is 0 Å². The number of aromatic amines is 1. The third-order valence-electron chi connectivity index (χ3n) is 2.26. The number of benzene rings is 1. The first-order valence-electron chi connectivity index (χ1n) is 4.75. The number of carboxylic acids is 1. The van der Waals surface area contributed by atoms with Gasteiger partial charge in [-0.05, 0) is 12.1 Å². The summed E-state index contributed by atoms with van der Waals surface area (Å²) in [6.07, 6.45) is 0. The van der Waals surface area contributed by atoms with Gasteiger partial charge in [-0.3, -0.25) is 4.79 Å². The molecule has 0 unspecified atom stereocenters. The van der Waals surface area contributed by atoms with Crippen LogP contribution >= 0.6 is 11.6 Å². The predicted octanol–water partition coefficient (Wildman–Crippen LogP) is 0.922. The summed E-state index contributed by atoms with van der Waals surface area (Å²) in [4.78, 5) is 22.3. The monoisotopic (exact) mass is 266 g/mol. The van der Waals surface area contributed by atoms with Crippen LogP contribution in [0.15, 0.2) is 18.2 Å². The fraction of sp³-hybridized carbons (Fsp3) is 0. The number of amides is 1. The number of carbonyl (C=O) groups excluding carboxylic acids is 1. The largest absolute Gasteiger partial charge is 0.478 e. The summed E-state index contributed by atoms with van der Waals surface area (Å²) in [7, 11) is 0. The van der Waals surface area contributed by atoms with E-state index in [0.717, 1.165) is 0 Å². The molecule has 0 aliphatic rings. The van der Waals surface area contributed by atoms with Gasteiger partial charge in [-0.25, -0.2) is 4.79 Å². The maximum Gasteiger partial charge on any atom is 0.336 e. The van der Waals surface area contributed by atoms with Crippen molar-refractivity contribution in [1.82, 2.24) is 15.4 Å². The zero-order chi connectivity index (χ0) is 13.3. The number of aromatic carboxylic acids is 1. The normalized spacial score (nSPS) is 10.3. The second-order valence-electron chi connectivity index (χ2n) is 3.35. The molecule has 7 nitrogen and oxygen atoms in total. The van der Waals surface area contributed by atoms with Crippen LogP contribution in [0.25, 0.3) is 11.3 Å². The highest BCUT2D eigenvalue weighted by Crippen LogP contribution is 2.31. The fourth-order valence-electron chi connectivity index (χ4n) is 1.52. The Morgan fingerprint density at radius 2 is 2.06 bits per heavy atom. The van der Waals surface area contributed by atoms with Gasteiger partial charge in [-0.1, -0.05) is 17.7 Å². The summed E-state index contributed by atoms with van der Waals surface area (Å²) in [5.41, 5.74) is 5.00. The van der Waals surface area contributed by atoms with Crippen LogP contribution in [0.4, 0.5) is 0 Å². The molecule has 2 rings (SSSR count). The van der Waals surface area contributed by atoms with Crippen molar-refractivity contribution in [2.24, 2.45) is 5.73 Å². The van der Waals surface area contributed by atoms with Crippen molar-refractivity contribution in [3.05, 3.63) is 34.5 Å². The van der Waals surface area contributed by atoms with Crippen molar-refractivity contribution in [3.63, 3.8) is 0 Å². The Balaban J connectivity index is 2.74. The molecule has 0 saturated heterocycles. The summed E-state index contributed by atoms with van der Waals surface area (Å²) in [5.74, 6) is -2.01.